The number of hydrogen-bond donors (Lipinski definition) is 6. The van der Waals surface area contributed by atoms with Crippen molar-refractivity contribution in [3.05, 3.63) is 17.7 Å². The zero-order valence-corrected chi connectivity index (χ0v) is 13.0. The molecule has 0 aliphatic heterocycles. The predicted molar refractivity (Wildman–Crippen MR) is 71.5 cm³/mol. The zero-order chi connectivity index (χ0) is 16.3. The molecule has 0 atom stereocenters. The van der Waals surface area contributed by atoms with Crippen LogP contribution in [-0.2, 0) is 20.3 Å². The van der Waals surface area contributed by atoms with Gasteiger partial charge in [-0.2, -0.15) is 0 Å². The molecule has 0 radical (unpaired) electrons. The Morgan fingerprint density at radius 2 is 1.86 bits per heavy atom. The molecule has 0 spiro atoms. The number of aryl methyl sites for hydroxylation is 2. The third kappa shape index (κ3) is 4.70. The minimum absolute atomic E-state index is 0.0413. The van der Waals surface area contributed by atoms with Crippen molar-refractivity contribution < 1.29 is 38.5 Å². The van der Waals surface area contributed by atoms with Crippen LogP contribution in [0.2, 0.25) is 0 Å². The van der Waals surface area contributed by atoms with E-state index in [0.717, 1.165) is 11.5 Å². The lowest BCUT2D eigenvalue weighted by Crippen LogP contribution is -2.34. The van der Waals surface area contributed by atoms with E-state index in [0.29, 0.717) is 12.8 Å². The number of H-pyrrole nitrogens is 1. The summed E-state index contributed by atoms with van der Waals surface area (Å²) in [5.74, 6) is 0.739. The Labute approximate surface area is 120 Å². The molecule has 0 bridgehead atoms. The van der Waals surface area contributed by atoms with Crippen LogP contribution in [-0.4, -0.2) is 52.9 Å². The highest BCUT2D eigenvalue weighted by atomic mass is 31.2. The van der Waals surface area contributed by atoms with Gasteiger partial charge in [0.2, 0.25) is 0 Å². The van der Waals surface area contributed by atoms with E-state index in [1.165, 1.54) is 0 Å². The van der Waals surface area contributed by atoms with Crippen LogP contribution in [0.4, 0.5) is 0 Å². The highest BCUT2D eigenvalue weighted by molar-refractivity contribution is 7.72. The van der Waals surface area contributed by atoms with Crippen molar-refractivity contribution in [2.24, 2.45) is 0 Å². The second-order valence-corrected chi connectivity index (χ2v) is 8.52. The summed E-state index contributed by atoms with van der Waals surface area (Å²) in [6.45, 7) is 0.574. The summed E-state index contributed by atoms with van der Waals surface area (Å²) < 4.78 is 26.9. The summed E-state index contributed by atoms with van der Waals surface area (Å²) in [6, 6.07) is 0. The summed E-state index contributed by atoms with van der Waals surface area (Å²) in [7, 11) is -10.9. The van der Waals surface area contributed by atoms with Crippen molar-refractivity contribution in [2.75, 3.05) is 13.2 Å². The van der Waals surface area contributed by atoms with E-state index in [2.05, 4.69) is 9.97 Å². The molecule has 0 aliphatic rings. The Bertz CT molecular complexity index is 540. The monoisotopic (exact) mass is 344 g/mol. The van der Waals surface area contributed by atoms with Gasteiger partial charge in [0, 0.05) is 18.5 Å². The van der Waals surface area contributed by atoms with Crippen molar-refractivity contribution in [2.45, 2.75) is 24.8 Å². The van der Waals surface area contributed by atoms with E-state index < -0.39 is 26.9 Å². The molecule has 0 unspecified atom stereocenters. The molecule has 0 saturated heterocycles. The van der Waals surface area contributed by atoms with Crippen LogP contribution in [0.3, 0.4) is 0 Å². The topological polar surface area (TPSA) is 173 Å². The van der Waals surface area contributed by atoms with E-state index >= 15 is 0 Å². The second-order valence-electron chi connectivity index (χ2n) is 4.51. The third-order valence-corrected chi connectivity index (χ3v) is 6.41. The minimum atomic E-state index is -5.46. The predicted octanol–water partition coefficient (Wildman–Crippen LogP) is -0.331. The Balaban J connectivity index is 2.49. The number of nitrogens with zero attached hydrogens (tertiary/aromatic N) is 1. The summed E-state index contributed by atoms with van der Waals surface area (Å²) in [5.41, 5.74) is 0.830. The number of imidazole rings is 1. The van der Waals surface area contributed by atoms with Crippen molar-refractivity contribution in [1.29, 1.82) is 0 Å². The van der Waals surface area contributed by atoms with E-state index in [9.17, 15) is 14.2 Å². The quantitative estimate of drug-likeness (QED) is 0.272. The molecule has 0 aliphatic carbocycles. The van der Waals surface area contributed by atoms with Gasteiger partial charge in [-0.3, -0.25) is 9.13 Å². The van der Waals surface area contributed by atoms with Crippen molar-refractivity contribution in [1.82, 2.24) is 9.97 Å². The van der Waals surface area contributed by atoms with Gasteiger partial charge in [-0.25, -0.2) is 4.98 Å². The van der Waals surface area contributed by atoms with Crippen LogP contribution in [0, 0.1) is 6.92 Å². The molecule has 0 aromatic carbocycles. The van der Waals surface area contributed by atoms with Gasteiger partial charge in [0.25, 0.3) is 5.08 Å². The van der Waals surface area contributed by atoms with Gasteiger partial charge in [0.05, 0.1) is 6.61 Å². The lowest BCUT2D eigenvalue weighted by atomic mass is 10.3. The number of aromatic nitrogens is 2. The normalized spacial score (nSPS) is 13.6. The van der Waals surface area contributed by atoms with Crippen molar-refractivity contribution >= 4 is 15.2 Å². The van der Waals surface area contributed by atoms with Crippen LogP contribution < -0.4 is 0 Å². The van der Waals surface area contributed by atoms with Crippen LogP contribution >= 0.6 is 15.2 Å². The van der Waals surface area contributed by atoms with Gasteiger partial charge in [-0.1, -0.05) is 0 Å². The number of aliphatic hydroxyl groups is 1. The standard InChI is InChI=1S/C9H18N2O8P2/c1-7-10-5-8(11-7)3-2-4-19-6-9(12,20(13,14)15)21(16,17)18/h5,12H,2-4,6H2,1H3,(H,10,11)(H2,13,14,15)(H2,16,17,18). The average molecular weight is 344 g/mol. The van der Waals surface area contributed by atoms with Crippen LogP contribution in [0.1, 0.15) is 17.9 Å². The lowest BCUT2D eigenvalue weighted by Gasteiger charge is -2.28. The molecule has 12 heteroatoms. The van der Waals surface area contributed by atoms with Crippen molar-refractivity contribution in [3.63, 3.8) is 0 Å². The van der Waals surface area contributed by atoms with Gasteiger partial charge < -0.3 is 34.4 Å². The number of aromatic amines is 1. The first-order valence-corrected chi connectivity index (χ1v) is 9.12. The first kappa shape index (κ1) is 18.5. The summed E-state index contributed by atoms with van der Waals surface area (Å²) >= 11 is 0. The van der Waals surface area contributed by atoms with E-state index in [1.54, 1.807) is 13.1 Å². The van der Waals surface area contributed by atoms with Crippen LogP contribution in [0.15, 0.2) is 6.20 Å². The lowest BCUT2D eigenvalue weighted by molar-refractivity contribution is 0.0243. The SMILES string of the molecule is Cc1ncc(CCCOCC(O)(P(=O)(O)O)P(=O)(O)O)[nH]1. The fourth-order valence-electron chi connectivity index (χ4n) is 1.51. The number of ether oxygens (including phenoxy) is 1. The first-order chi connectivity index (χ1) is 9.47. The highest BCUT2D eigenvalue weighted by Gasteiger charge is 2.59. The van der Waals surface area contributed by atoms with E-state index in [-0.39, 0.29) is 6.61 Å². The van der Waals surface area contributed by atoms with Gasteiger partial charge in [0.1, 0.15) is 5.82 Å². The zero-order valence-electron chi connectivity index (χ0n) is 11.2. The fraction of sp³-hybridized carbons (Fsp3) is 0.667. The van der Waals surface area contributed by atoms with Crippen LogP contribution in [0.25, 0.3) is 0 Å². The summed E-state index contributed by atoms with van der Waals surface area (Å²) in [6.07, 6.45) is 2.57. The highest BCUT2D eigenvalue weighted by Crippen LogP contribution is 2.67. The Morgan fingerprint density at radius 3 is 2.29 bits per heavy atom. The van der Waals surface area contributed by atoms with Gasteiger partial charge in [-0.15, -0.1) is 0 Å². The Morgan fingerprint density at radius 1 is 1.29 bits per heavy atom. The van der Waals surface area contributed by atoms with Gasteiger partial charge in [-0.05, 0) is 19.8 Å². The smallest absolute Gasteiger partial charge is 0.371 e. The molecule has 21 heavy (non-hydrogen) atoms. The minimum Gasteiger partial charge on any atom is -0.377 e. The van der Waals surface area contributed by atoms with Gasteiger partial charge in [0.15, 0.2) is 0 Å². The largest absolute Gasteiger partial charge is 0.377 e. The summed E-state index contributed by atoms with van der Waals surface area (Å²) in [4.78, 5) is 42.5. The molecule has 0 fully saturated rings. The number of nitrogens with one attached hydrogen (secondary N) is 1. The first-order valence-electron chi connectivity index (χ1n) is 5.89. The molecular formula is C9H18N2O8P2. The number of rotatable bonds is 8. The molecule has 122 valence electrons. The molecule has 0 amide bonds. The Kier molecular flexibility index (Phi) is 5.88. The Hall–Kier alpha value is -0.570. The molecule has 10 nitrogen and oxygen atoms in total. The third-order valence-electron chi connectivity index (χ3n) is 2.72. The molecule has 1 rings (SSSR count). The molecule has 0 saturated carbocycles. The molecule has 1 aromatic rings. The van der Waals surface area contributed by atoms with Crippen LogP contribution in [0.5, 0.6) is 0 Å². The maximum atomic E-state index is 11.0. The maximum Gasteiger partial charge on any atom is 0.371 e. The molecule has 1 heterocycles. The maximum absolute atomic E-state index is 11.0. The van der Waals surface area contributed by atoms with E-state index in [4.69, 9.17) is 24.3 Å². The average Bonchev–Trinajstić information content (AvgIpc) is 2.71. The summed E-state index contributed by atoms with van der Waals surface area (Å²) in [5, 5.41) is 6.01. The molecule has 6 N–H and O–H groups in total. The molecular weight excluding hydrogens is 326 g/mol. The van der Waals surface area contributed by atoms with Crippen molar-refractivity contribution in [3.8, 4) is 0 Å². The van der Waals surface area contributed by atoms with Gasteiger partial charge >= 0.3 is 15.2 Å². The number of hydrogen-bond acceptors (Lipinski definition) is 5. The van der Waals surface area contributed by atoms with E-state index in [1.807, 2.05) is 0 Å². The fourth-order valence-corrected chi connectivity index (χ4v) is 3.39. The second kappa shape index (κ2) is 6.68. The molecule has 1 aromatic heterocycles.